The van der Waals surface area contributed by atoms with Crippen molar-refractivity contribution in [2.75, 3.05) is 36.9 Å². The number of aromatic nitrogens is 3. The standard InChI is InChI=1S/C31H32ClN7O2/c1-18-4-9-22(10-5-18)39-29-23(28(36-39)30(33)40)11-7-20-6-8-21(14-24(20)29)35-31(41)25-15-27(34-16-26(25)32)38-13-12-37(3)19(2)17-38/h4-6,8-10,14-16,19H,7,11-13,17H2,1-3H3,(H2,33,40)(H,35,41)/t19-/m0/s1. The highest BCUT2D eigenvalue weighted by Gasteiger charge is 2.29. The van der Waals surface area contributed by atoms with Crippen LogP contribution in [-0.4, -0.2) is 64.2 Å². The van der Waals surface area contributed by atoms with Gasteiger partial charge in [-0.25, -0.2) is 9.67 Å². The second-order valence-corrected chi connectivity index (χ2v) is 11.3. The van der Waals surface area contributed by atoms with E-state index in [0.29, 0.717) is 23.7 Å². The zero-order valence-corrected chi connectivity index (χ0v) is 24.1. The number of rotatable bonds is 5. The van der Waals surface area contributed by atoms with Gasteiger partial charge in [0.1, 0.15) is 5.82 Å². The summed E-state index contributed by atoms with van der Waals surface area (Å²) in [7, 11) is 2.11. The zero-order valence-electron chi connectivity index (χ0n) is 23.3. The van der Waals surface area contributed by atoms with Gasteiger partial charge in [-0.05, 0) is 69.6 Å². The summed E-state index contributed by atoms with van der Waals surface area (Å²) in [5.41, 5.74) is 12.6. The van der Waals surface area contributed by atoms with E-state index < -0.39 is 5.91 Å². The number of nitrogens with zero attached hydrogens (tertiary/aromatic N) is 5. The maximum absolute atomic E-state index is 13.5. The normalized spacial score (nSPS) is 16.7. The van der Waals surface area contributed by atoms with Crippen LogP contribution in [0.5, 0.6) is 0 Å². The SMILES string of the molecule is Cc1ccc(-n2nc(C(N)=O)c3c2-c2cc(NC(=O)c4cc(N5CCN(C)[C@@H](C)C5)ncc4Cl)ccc2CC3)cc1. The largest absolute Gasteiger partial charge is 0.364 e. The van der Waals surface area contributed by atoms with Gasteiger partial charge in [0, 0.05) is 48.7 Å². The molecule has 3 N–H and O–H groups in total. The van der Waals surface area contributed by atoms with Gasteiger partial charge in [-0.15, -0.1) is 0 Å². The van der Waals surface area contributed by atoms with Crippen molar-refractivity contribution in [3.8, 4) is 16.9 Å². The van der Waals surface area contributed by atoms with Crippen LogP contribution in [0, 0.1) is 6.92 Å². The summed E-state index contributed by atoms with van der Waals surface area (Å²) in [6.07, 6.45) is 2.93. The van der Waals surface area contributed by atoms with Crippen molar-refractivity contribution < 1.29 is 9.59 Å². The number of piperazine rings is 1. The van der Waals surface area contributed by atoms with Crippen LogP contribution in [0.1, 0.15) is 44.5 Å². The van der Waals surface area contributed by atoms with Gasteiger partial charge in [0.15, 0.2) is 5.69 Å². The minimum atomic E-state index is -0.558. The number of halogens is 1. The molecular formula is C31H32ClN7O2. The van der Waals surface area contributed by atoms with Crippen LogP contribution in [0.3, 0.4) is 0 Å². The molecule has 1 saturated heterocycles. The number of nitrogens with one attached hydrogen (secondary N) is 1. The number of nitrogens with two attached hydrogens (primary N) is 1. The number of anilines is 2. The lowest BCUT2D eigenvalue weighted by Crippen LogP contribution is -2.50. The molecule has 0 unspecified atom stereocenters. The summed E-state index contributed by atoms with van der Waals surface area (Å²) in [5, 5.41) is 7.94. The van der Waals surface area contributed by atoms with Gasteiger partial charge in [-0.2, -0.15) is 5.10 Å². The first-order valence-electron chi connectivity index (χ1n) is 13.7. The topological polar surface area (TPSA) is 109 Å². The van der Waals surface area contributed by atoms with Crippen molar-refractivity contribution in [3.05, 3.63) is 87.7 Å². The zero-order chi connectivity index (χ0) is 28.8. The Labute approximate surface area is 243 Å². The number of fused-ring (bicyclic) bond motifs is 3. The number of aryl methyl sites for hydroxylation is 2. The van der Waals surface area contributed by atoms with E-state index in [9.17, 15) is 9.59 Å². The van der Waals surface area contributed by atoms with Crippen LogP contribution in [0.4, 0.5) is 11.5 Å². The van der Waals surface area contributed by atoms with E-state index in [2.05, 4.69) is 39.2 Å². The molecule has 10 heteroatoms. The number of primary amides is 1. The number of hydrogen-bond donors (Lipinski definition) is 2. The number of pyridine rings is 1. The molecule has 0 bridgehead atoms. The third-order valence-corrected chi connectivity index (χ3v) is 8.43. The molecule has 2 aromatic heterocycles. The van der Waals surface area contributed by atoms with E-state index in [-0.39, 0.29) is 16.6 Å². The molecule has 1 aliphatic carbocycles. The van der Waals surface area contributed by atoms with E-state index in [1.165, 1.54) is 0 Å². The van der Waals surface area contributed by atoms with Gasteiger partial charge in [-0.1, -0.05) is 35.4 Å². The van der Waals surface area contributed by atoms with Crippen LogP contribution in [0.25, 0.3) is 16.9 Å². The van der Waals surface area contributed by atoms with Crippen molar-refractivity contribution in [3.63, 3.8) is 0 Å². The number of hydrogen-bond acceptors (Lipinski definition) is 6. The number of carbonyl (C=O) groups excluding carboxylic acids is 2. The summed E-state index contributed by atoms with van der Waals surface area (Å²) in [5.74, 6) is -0.143. The summed E-state index contributed by atoms with van der Waals surface area (Å²) in [6.45, 7) is 6.76. The molecule has 6 rings (SSSR count). The van der Waals surface area contributed by atoms with Crippen molar-refractivity contribution in [2.24, 2.45) is 5.73 Å². The van der Waals surface area contributed by atoms with Crippen molar-refractivity contribution >= 4 is 34.9 Å². The molecule has 3 heterocycles. The summed E-state index contributed by atoms with van der Waals surface area (Å²) in [6, 6.07) is 15.9. The van der Waals surface area contributed by atoms with Crippen molar-refractivity contribution in [1.82, 2.24) is 19.7 Å². The predicted octanol–water partition coefficient (Wildman–Crippen LogP) is 4.49. The molecule has 41 heavy (non-hydrogen) atoms. The number of carbonyl (C=O) groups is 2. The summed E-state index contributed by atoms with van der Waals surface area (Å²) in [4.78, 5) is 34.8. The number of amides is 2. The molecule has 9 nitrogen and oxygen atoms in total. The number of benzene rings is 2. The van der Waals surface area contributed by atoms with Crippen molar-refractivity contribution in [2.45, 2.75) is 32.7 Å². The fraction of sp³-hybridized carbons (Fsp3) is 0.290. The Kier molecular flexibility index (Phi) is 7.01. The molecule has 4 aromatic rings. The molecule has 2 aromatic carbocycles. The monoisotopic (exact) mass is 569 g/mol. The minimum Gasteiger partial charge on any atom is -0.364 e. The number of likely N-dealkylation sites (N-methyl/N-ethyl adjacent to an activating group) is 1. The molecule has 1 atom stereocenters. The average molecular weight is 570 g/mol. The van der Waals surface area contributed by atoms with E-state index in [1.807, 2.05) is 49.4 Å². The molecule has 0 radical (unpaired) electrons. The predicted molar refractivity (Wildman–Crippen MR) is 161 cm³/mol. The van der Waals surface area contributed by atoms with Crippen LogP contribution < -0.4 is 16.0 Å². The van der Waals surface area contributed by atoms with Gasteiger partial charge in [0.25, 0.3) is 11.8 Å². The van der Waals surface area contributed by atoms with Crippen LogP contribution in [-0.2, 0) is 12.8 Å². The quantitative estimate of drug-likeness (QED) is 0.367. The third kappa shape index (κ3) is 5.07. The lowest BCUT2D eigenvalue weighted by Gasteiger charge is -2.38. The molecule has 1 fully saturated rings. The fourth-order valence-electron chi connectivity index (χ4n) is 5.62. The molecule has 210 valence electrons. The molecule has 0 saturated carbocycles. The molecule has 2 aliphatic rings. The Morgan fingerprint density at radius 3 is 2.59 bits per heavy atom. The maximum Gasteiger partial charge on any atom is 0.269 e. The van der Waals surface area contributed by atoms with Gasteiger partial charge in [0.05, 0.1) is 22.0 Å². The first kappa shape index (κ1) is 27.0. The first-order chi connectivity index (χ1) is 19.7. The lowest BCUT2D eigenvalue weighted by atomic mass is 9.88. The van der Waals surface area contributed by atoms with Gasteiger partial charge in [-0.3, -0.25) is 9.59 Å². The first-order valence-corrected chi connectivity index (χ1v) is 14.1. The van der Waals surface area contributed by atoms with Crippen molar-refractivity contribution in [1.29, 1.82) is 0 Å². The van der Waals surface area contributed by atoms with Gasteiger partial charge < -0.3 is 20.9 Å². The van der Waals surface area contributed by atoms with E-state index in [1.54, 1.807) is 16.9 Å². The van der Waals surface area contributed by atoms with Gasteiger partial charge in [0.2, 0.25) is 0 Å². The highest BCUT2D eigenvalue weighted by Crippen LogP contribution is 2.38. The molecular weight excluding hydrogens is 538 g/mol. The Balaban J connectivity index is 1.34. The maximum atomic E-state index is 13.5. The second kappa shape index (κ2) is 10.6. The minimum absolute atomic E-state index is 0.273. The Bertz CT molecular complexity index is 1660. The van der Waals surface area contributed by atoms with Gasteiger partial charge >= 0.3 is 0 Å². The molecule has 2 amide bonds. The Hall–Kier alpha value is -4.21. The molecule has 0 spiro atoms. The third-order valence-electron chi connectivity index (χ3n) is 8.13. The highest BCUT2D eigenvalue weighted by atomic mass is 35.5. The van der Waals surface area contributed by atoms with E-state index >= 15 is 0 Å². The summed E-state index contributed by atoms with van der Waals surface area (Å²) >= 11 is 6.46. The van der Waals surface area contributed by atoms with E-state index in [0.717, 1.165) is 65.5 Å². The smallest absolute Gasteiger partial charge is 0.269 e. The molecule has 1 aliphatic heterocycles. The summed E-state index contributed by atoms with van der Waals surface area (Å²) < 4.78 is 1.78. The lowest BCUT2D eigenvalue weighted by molar-refractivity contribution is 0.0992. The highest BCUT2D eigenvalue weighted by molar-refractivity contribution is 6.34. The van der Waals surface area contributed by atoms with Crippen LogP contribution in [0.2, 0.25) is 5.02 Å². The average Bonchev–Trinajstić information content (AvgIpc) is 3.36. The van der Waals surface area contributed by atoms with E-state index in [4.69, 9.17) is 17.3 Å². The van der Waals surface area contributed by atoms with Crippen LogP contribution in [0.15, 0.2) is 54.7 Å². The van der Waals surface area contributed by atoms with Crippen LogP contribution >= 0.6 is 11.6 Å². The Morgan fingerprint density at radius 1 is 1.07 bits per heavy atom. The Morgan fingerprint density at radius 2 is 1.85 bits per heavy atom. The second-order valence-electron chi connectivity index (χ2n) is 10.9. The fourth-order valence-corrected chi connectivity index (χ4v) is 5.81.